The maximum Gasteiger partial charge on any atom is 0.410 e. The second-order valence-electron chi connectivity index (χ2n) is 7.37. The Morgan fingerprint density at radius 2 is 1.66 bits per heavy atom. The molecule has 0 saturated carbocycles. The van der Waals surface area contributed by atoms with E-state index in [1.54, 1.807) is 0 Å². The molecule has 0 heterocycles. The number of aliphatic carboxylic acids is 1. The smallest absolute Gasteiger partial charge is 0.410 e. The molecule has 0 bridgehead atoms. The molecule has 1 amide bonds. The van der Waals surface area contributed by atoms with Gasteiger partial charge in [-0.05, 0) is 55.1 Å². The van der Waals surface area contributed by atoms with E-state index in [0.717, 1.165) is 41.6 Å². The van der Waals surface area contributed by atoms with E-state index in [1.165, 1.54) is 11.9 Å². The summed E-state index contributed by atoms with van der Waals surface area (Å²) in [5.41, 5.74) is 4.58. The number of nitrogens with one attached hydrogen (secondary N) is 1. The van der Waals surface area contributed by atoms with Crippen LogP contribution in [0.15, 0.2) is 48.5 Å². The zero-order valence-electron chi connectivity index (χ0n) is 16.9. The molecule has 0 spiro atoms. The topological polar surface area (TPSA) is 78.9 Å². The molecular weight excluding hydrogens is 368 g/mol. The fraction of sp³-hybridized carbons (Fsp3) is 0.391. The summed E-state index contributed by atoms with van der Waals surface area (Å²) in [5.74, 6) is -1.05. The number of likely N-dealkylation sites (N-methyl/N-ethyl adjacent to an activating group) is 1. The number of hydrogen-bond acceptors (Lipinski definition) is 4. The number of unbranched alkanes of at least 4 members (excludes halogenated alkanes) is 1. The van der Waals surface area contributed by atoms with Gasteiger partial charge in [-0.3, -0.25) is 4.90 Å². The van der Waals surface area contributed by atoms with Crippen LogP contribution in [0.25, 0.3) is 11.1 Å². The number of rotatable bonds is 9. The van der Waals surface area contributed by atoms with E-state index < -0.39 is 18.1 Å². The third-order valence-electron chi connectivity index (χ3n) is 5.53. The number of carboxylic acids is 1. The van der Waals surface area contributed by atoms with Gasteiger partial charge < -0.3 is 15.2 Å². The summed E-state index contributed by atoms with van der Waals surface area (Å²) in [6, 6.07) is 15.4. The van der Waals surface area contributed by atoms with E-state index in [1.807, 2.05) is 31.3 Å². The zero-order chi connectivity index (χ0) is 20.8. The summed E-state index contributed by atoms with van der Waals surface area (Å²) in [5, 5.41) is 12.6. The lowest BCUT2D eigenvalue weighted by Gasteiger charge is -2.25. The van der Waals surface area contributed by atoms with Crippen molar-refractivity contribution in [3.8, 4) is 11.1 Å². The van der Waals surface area contributed by atoms with Gasteiger partial charge in [0.2, 0.25) is 0 Å². The first kappa shape index (κ1) is 20.9. The van der Waals surface area contributed by atoms with Crippen LogP contribution >= 0.6 is 0 Å². The predicted molar refractivity (Wildman–Crippen MR) is 112 cm³/mol. The number of carbonyl (C=O) groups is 2. The molecule has 1 aliphatic carbocycles. The first-order valence-electron chi connectivity index (χ1n) is 9.99. The van der Waals surface area contributed by atoms with Gasteiger partial charge in [0.25, 0.3) is 0 Å². The summed E-state index contributed by atoms with van der Waals surface area (Å²) < 4.78 is 5.57. The van der Waals surface area contributed by atoms with Crippen molar-refractivity contribution in [2.45, 2.75) is 31.2 Å². The largest absolute Gasteiger partial charge is 0.480 e. The van der Waals surface area contributed by atoms with Gasteiger partial charge in [-0.1, -0.05) is 48.5 Å². The van der Waals surface area contributed by atoms with Crippen molar-refractivity contribution >= 4 is 12.1 Å². The number of carboxylic acid groups (broad SMARTS) is 1. The third kappa shape index (κ3) is 4.59. The SMILES string of the molecule is CNCCCC[C@@H](C(=O)O)N(C)C(=O)OCC1c2ccccc2-c2ccccc21. The molecule has 6 heteroatoms. The van der Waals surface area contributed by atoms with Gasteiger partial charge in [0.15, 0.2) is 0 Å². The molecule has 2 aromatic rings. The fourth-order valence-electron chi connectivity index (χ4n) is 3.95. The minimum atomic E-state index is -1.01. The Morgan fingerprint density at radius 3 is 2.21 bits per heavy atom. The lowest BCUT2D eigenvalue weighted by Crippen LogP contribution is -2.43. The molecule has 0 fully saturated rings. The van der Waals surface area contributed by atoms with Gasteiger partial charge in [0.05, 0.1) is 0 Å². The molecule has 1 atom stereocenters. The molecule has 154 valence electrons. The minimum Gasteiger partial charge on any atom is -0.480 e. The molecule has 1 aliphatic rings. The molecule has 6 nitrogen and oxygen atoms in total. The summed E-state index contributed by atoms with van der Waals surface area (Å²) >= 11 is 0. The standard InChI is InChI=1S/C23H28N2O4/c1-24-14-8-7-13-21(22(26)27)25(2)23(28)29-15-20-18-11-5-3-9-16(18)17-10-4-6-12-19(17)20/h3-6,9-12,20-21,24H,7-8,13-15H2,1-2H3,(H,26,27)/t21-/m0/s1. The van der Waals surface area contributed by atoms with Crippen LogP contribution in [0.3, 0.4) is 0 Å². The first-order chi connectivity index (χ1) is 14.0. The van der Waals surface area contributed by atoms with Gasteiger partial charge in [-0.2, -0.15) is 0 Å². The molecule has 29 heavy (non-hydrogen) atoms. The Labute approximate surface area is 171 Å². The van der Waals surface area contributed by atoms with Crippen LogP contribution in [0.1, 0.15) is 36.3 Å². The highest BCUT2D eigenvalue weighted by molar-refractivity contribution is 5.81. The minimum absolute atomic E-state index is 0.0429. The highest BCUT2D eigenvalue weighted by Crippen LogP contribution is 2.44. The number of nitrogens with zero attached hydrogens (tertiary/aromatic N) is 1. The Bertz CT molecular complexity index is 822. The van der Waals surface area contributed by atoms with Crippen LogP contribution in [0, 0.1) is 0 Å². The molecule has 2 N–H and O–H groups in total. The fourth-order valence-corrected chi connectivity index (χ4v) is 3.95. The van der Waals surface area contributed by atoms with Crippen LogP contribution in [0.2, 0.25) is 0 Å². The van der Waals surface area contributed by atoms with E-state index in [2.05, 4.69) is 29.6 Å². The number of benzene rings is 2. The maximum atomic E-state index is 12.6. The zero-order valence-corrected chi connectivity index (χ0v) is 16.9. The van der Waals surface area contributed by atoms with E-state index >= 15 is 0 Å². The Morgan fingerprint density at radius 1 is 1.07 bits per heavy atom. The molecular formula is C23H28N2O4. The first-order valence-corrected chi connectivity index (χ1v) is 9.99. The number of fused-ring (bicyclic) bond motifs is 3. The van der Waals surface area contributed by atoms with Crippen LogP contribution in [0.4, 0.5) is 4.79 Å². The second kappa shape index (κ2) is 9.56. The maximum absolute atomic E-state index is 12.6. The van der Waals surface area contributed by atoms with E-state index in [9.17, 15) is 14.7 Å². The van der Waals surface area contributed by atoms with Crippen LogP contribution in [-0.4, -0.2) is 55.4 Å². The van der Waals surface area contributed by atoms with Gasteiger partial charge in [0.1, 0.15) is 12.6 Å². The van der Waals surface area contributed by atoms with Gasteiger partial charge in [0, 0.05) is 13.0 Å². The van der Waals surface area contributed by atoms with E-state index in [0.29, 0.717) is 6.42 Å². The van der Waals surface area contributed by atoms with Crippen molar-refractivity contribution in [3.05, 3.63) is 59.7 Å². The molecule has 0 radical (unpaired) electrons. The van der Waals surface area contributed by atoms with Crippen molar-refractivity contribution in [1.82, 2.24) is 10.2 Å². The highest BCUT2D eigenvalue weighted by atomic mass is 16.6. The number of ether oxygens (including phenoxy) is 1. The average Bonchev–Trinajstić information content (AvgIpc) is 3.05. The normalized spacial score (nSPS) is 13.4. The van der Waals surface area contributed by atoms with E-state index in [-0.39, 0.29) is 12.5 Å². The molecule has 3 rings (SSSR count). The van der Waals surface area contributed by atoms with Gasteiger partial charge >= 0.3 is 12.1 Å². The second-order valence-corrected chi connectivity index (χ2v) is 7.37. The number of hydrogen-bond donors (Lipinski definition) is 2. The van der Waals surface area contributed by atoms with Gasteiger partial charge in [-0.25, -0.2) is 9.59 Å². The van der Waals surface area contributed by atoms with Crippen molar-refractivity contribution in [2.24, 2.45) is 0 Å². The average molecular weight is 396 g/mol. The molecule has 0 aromatic heterocycles. The molecule has 0 saturated heterocycles. The summed E-state index contributed by atoms with van der Waals surface area (Å²) in [6.07, 6.45) is 1.38. The lowest BCUT2D eigenvalue weighted by atomic mass is 9.98. The van der Waals surface area contributed by atoms with Gasteiger partial charge in [-0.15, -0.1) is 0 Å². The third-order valence-corrected chi connectivity index (χ3v) is 5.53. The molecule has 2 aromatic carbocycles. The Balaban J connectivity index is 1.66. The van der Waals surface area contributed by atoms with Crippen LogP contribution in [-0.2, 0) is 9.53 Å². The lowest BCUT2D eigenvalue weighted by molar-refractivity contribution is -0.142. The Hall–Kier alpha value is -2.86. The van der Waals surface area contributed by atoms with Crippen molar-refractivity contribution < 1.29 is 19.4 Å². The van der Waals surface area contributed by atoms with Crippen LogP contribution in [0.5, 0.6) is 0 Å². The van der Waals surface area contributed by atoms with E-state index in [4.69, 9.17) is 4.74 Å². The summed E-state index contributed by atoms with van der Waals surface area (Å²) in [7, 11) is 3.35. The van der Waals surface area contributed by atoms with Crippen molar-refractivity contribution in [2.75, 3.05) is 27.2 Å². The number of carbonyl (C=O) groups excluding carboxylic acids is 1. The van der Waals surface area contributed by atoms with Crippen LogP contribution < -0.4 is 5.32 Å². The highest BCUT2D eigenvalue weighted by Gasteiger charge is 2.31. The molecule has 0 aliphatic heterocycles. The number of amides is 1. The van der Waals surface area contributed by atoms with Crippen molar-refractivity contribution in [1.29, 1.82) is 0 Å². The summed E-state index contributed by atoms with van der Waals surface area (Å²) in [4.78, 5) is 25.4. The quantitative estimate of drug-likeness (QED) is 0.632. The predicted octanol–water partition coefficient (Wildman–Crippen LogP) is 3.71. The Kier molecular flexibility index (Phi) is 6.88. The summed E-state index contributed by atoms with van der Waals surface area (Å²) in [6.45, 7) is 1.00. The van der Waals surface area contributed by atoms with Crippen molar-refractivity contribution in [3.63, 3.8) is 0 Å². The molecule has 0 unspecified atom stereocenters. The monoisotopic (exact) mass is 396 g/mol.